The van der Waals surface area contributed by atoms with Gasteiger partial charge in [-0.2, -0.15) is 0 Å². The van der Waals surface area contributed by atoms with Crippen molar-refractivity contribution in [1.29, 1.82) is 0 Å². The minimum absolute atomic E-state index is 0.00778. The molecular formula is C51H76FNO4. The predicted octanol–water partition coefficient (Wildman–Crippen LogP) is 13.5. The fourth-order valence-corrected chi connectivity index (χ4v) is 15.4. The Labute approximate surface area is 345 Å². The third-order valence-corrected chi connectivity index (χ3v) is 18.4. The third-order valence-electron chi connectivity index (χ3n) is 18.4. The van der Waals surface area contributed by atoms with Gasteiger partial charge in [-0.25, -0.2) is 4.39 Å². The smallest absolute Gasteiger partial charge is 0.309 e. The summed E-state index contributed by atoms with van der Waals surface area (Å²) in [5.74, 6) is 2.61. The van der Waals surface area contributed by atoms with Crippen molar-refractivity contribution in [2.24, 2.45) is 66.6 Å². The van der Waals surface area contributed by atoms with Crippen LogP contribution in [0.25, 0.3) is 5.76 Å². The van der Waals surface area contributed by atoms with Gasteiger partial charge < -0.3 is 14.6 Å². The minimum Gasteiger partial charge on any atom is -0.481 e. The Morgan fingerprint density at radius 1 is 1.00 bits per heavy atom. The SMILES string of the molecule is CCCC12CCC3C4(C)CCC(OCCC(C)(C)C(=O)O)C(C)(C)C4CCC3(C)C1(C)CCC1(C3=NCCC=C(c4ccccc4F)O3)CC(CC)C(C(C)C)=C12. The van der Waals surface area contributed by atoms with Crippen LogP contribution in [0.2, 0.25) is 0 Å². The summed E-state index contributed by atoms with van der Waals surface area (Å²) in [5.41, 5.74) is 3.38. The van der Waals surface area contributed by atoms with E-state index in [0.29, 0.717) is 54.6 Å². The fraction of sp³-hybridized carbons (Fsp3) is 0.765. The standard InChI is InChI=1S/C51H76FNO4/c1-12-23-51-26-21-39-47(9)24-22-40(56-31-29-45(5,6)44(54)55)46(7,8)38(47)20-25-48(39,10)49(51,11)27-28-50(32-34(13-2)41(33(3)4)42(50)51)43-53-30-16-19-37(57-43)35-17-14-15-18-36(35)52/h14-15,17-19,33-34,38-40H,12-13,16,20-32H2,1-11H3,(H,54,55). The zero-order valence-corrected chi connectivity index (χ0v) is 37.6. The molecule has 1 heterocycles. The molecule has 0 spiro atoms. The summed E-state index contributed by atoms with van der Waals surface area (Å²) in [6.45, 7) is 27.6. The maximum Gasteiger partial charge on any atom is 0.309 e. The van der Waals surface area contributed by atoms with E-state index in [4.69, 9.17) is 14.5 Å². The lowest BCUT2D eigenvalue weighted by molar-refractivity contribution is -0.253. The van der Waals surface area contributed by atoms with E-state index in [0.717, 1.165) is 50.8 Å². The van der Waals surface area contributed by atoms with E-state index in [1.54, 1.807) is 23.3 Å². The van der Waals surface area contributed by atoms with Crippen LogP contribution in [0.5, 0.6) is 0 Å². The Balaban J connectivity index is 1.28. The quantitative estimate of drug-likeness (QED) is 0.227. The van der Waals surface area contributed by atoms with Crippen LogP contribution in [0.3, 0.4) is 0 Å². The summed E-state index contributed by atoms with van der Waals surface area (Å²) in [6, 6.07) is 7.08. The van der Waals surface area contributed by atoms with Gasteiger partial charge in [0, 0.05) is 13.2 Å². The van der Waals surface area contributed by atoms with Crippen molar-refractivity contribution in [2.75, 3.05) is 13.2 Å². The van der Waals surface area contributed by atoms with Crippen molar-refractivity contribution in [3.63, 3.8) is 0 Å². The summed E-state index contributed by atoms with van der Waals surface area (Å²) in [5, 5.41) is 9.75. The van der Waals surface area contributed by atoms with Gasteiger partial charge in [0.2, 0.25) is 5.90 Å². The van der Waals surface area contributed by atoms with Crippen LogP contribution < -0.4 is 0 Å². The van der Waals surface area contributed by atoms with Crippen LogP contribution >= 0.6 is 0 Å². The molecule has 1 N–H and O–H groups in total. The first kappa shape index (κ1) is 42.6. The zero-order valence-electron chi connectivity index (χ0n) is 37.6. The number of aliphatic carboxylic acids is 1. The van der Waals surface area contributed by atoms with Gasteiger partial charge in [-0.15, -0.1) is 0 Å². The fourth-order valence-electron chi connectivity index (χ4n) is 15.4. The number of carboxylic acid groups (broad SMARTS) is 1. The van der Waals surface area contributed by atoms with Crippen molar-refractivity contribution in [3.05, 3.63) is 52.9 Å². The van der Waals surface area contributed by atoms with Crippen LogP contribution in [-0.2, 0) is 14.3 Å². The minimum atomic E-state index is -0.783. The normalized spacial score (nSPS) is 38.9. The molecule has 1 aromatic carbocycles. The lowest BCUT2D eigenvalue weighted by Crippen LogP contribution is -2.69. The van der Waals surface area contributed by atoms with Crippen LogP contribution in [0.1, 0.15) is 172 Å². The number of rotatable bonds is 11. The molecule has 0 saturated heterocycles. The van der Waals surface area contributed by atoms with E-state index in [2.05, 4.69) is 68.4 Å². The van der Waals surface area contributed by atoms with Gasteiger partial charge in [0.25, 0.3) is 0 Å². The van der Waals surface area contributed by atoms with Gasteiger partial charge in [0.05, 0.1) is 22.5 Å². The number of hydrogen-bond acceptors (Lipinski definition) is 4. The summed E-state index contributed by atoms with van der Waals surface area (Å²) in [7, 11) is 0. The highest BCUT2D eigenvalue weighted by Crippen LogP contribution is 2.82. The summed E-state index contributed by atoms with van der Waals surface area (Å²) in [4.78, 5) is 17.2. The lowest BCUT2D eigenvalue weighted by atomic mass is 9.29. The number of ether oxygens (including phenoxy) is 2. The molecule has 0 aromatic heterocycles. The van der Waals surface area contributed by atoms with Crippen molar-refractivity contribution >= 4 is 17.6 Å². The second kappa shape index (κ2) is 14.9. The first-order valence-electron chi connectivity index (χ1n) is 23.1. The highest BCUT2D eigenvalue weighted by atomic mass is 19.1. The molecule has 6 aliphatic rings. The molecule has 4 fully saturated rings. The highest BCUT2D eigenvalue weighted by Gasteiger charge is 2.75. The Morgan fingerprint density at radius 2 is 1.72 bits per heavy atom. The molecule has 0 radical (unpaired) electrons. The predicted molar refractivity (Wildman–Crippen MR) is 230 cm³/mol. The summed E-state index contributed by atoms with van der Waals surface area (Å²) >= 11 is 0. The first-order valence-corrected chi connectivity index (χ1v) is 23.1. The number of benzene rings is 1. The van der Waals surface area contributed by atoms with E-state index in [1.807, 2.05) is 26.0 Å². The third kappa shape index (κ3) is 6.27. The molecule has 5 nitrogen and oxygen atoms in total. The highest BCUT2D eigenvalue weighted by molar-refractivity contribution is 5.92. The monoisotopic (exact) mass is 786 g/mol. The van der Waals surface area contributed by atoms with Gasteiger partial charge in [0.1, 0.15) is 11.6 Å². The number of carboxylic acids is 1. The number of fused-ring (bicyclic) bond motifs is 7. The van der Waals surface area contributed by atoms with Crippen molar-refractivity contribution < 1.29 is 23.8 Å². The number of allylic oxidation sites excluding steroid dienone is 1. The number of nitrogens with zero attached hydrogens (tertiary/aromatic N) is 1. The Kier molecular flexibility index (Phi) is 11.2. The van der Waals surface area contributed by atoms with E-state index >= 15 is 4.39 Å². The number of hydrogen-bond donors (Lipinski definition) is 1. The summed E-state index contributed by atoms with van der Waals surface area (Å²) in [6.07, 6.45) is 17.3. The average Bonchev–Trinajstić information content (AvgIpc) is 3.31. The van der Waals surface area contributed by atoms with Crippen LogP contribution in [0.15, 0.2) is 46.5 Å². The Bertz CT molecular complexity index is 1810. The van der Waals surface area contributed by atoms with Crippen LogP contribution in [0, 0.1) is 67.4 Å². The molecule has 1 aliphatic heterocycles. The molecule has 5 aliphatic carbocycles. The molecule has 57 heavy (non-hydrogen) atoms. The number of carbonyl (C=O) groups is 1. The van der Waals surface area contributed by atoms with Crippen LogP contribution in [-0.4, -0.2) is 36.2 Å². The molecule has 4 saturated carbocycles. The maximum absolute atomic E-state index is 15.4. The number of halogens is 1. The summed E-state index contributed by atoms with van der Waals surface area (Å²) < 4.78 is 29.2. The molecule has 6 heteroatoms. The average molecular weight is 786 g/mol. The second-order valence-corrected chi connectivity index (χ2v) is 21.9. The van der Waals surface area contributed by atoms with E-state index in [1.165, 1.54) is 38.5 Å². The van der Waals surface area contributed by atoms with E-state index in [-0.39, 0.29) is 44.4 Å². The Morgan fingerprint density at radius 3 is 2.39 bits per heavy atom. The second-order valence-electron chi connectivity index (χ2n) is 21.9. The van der Waals surface area contributed by atoms with Crippen molar-refractivity contribution in [1.82, 2.24) is 0 Å². The van der Waals surface area contributed by atoms with Gasteiger partial charge in [0.15, 0.2) is 0 Å². The zero-order chi connectivity index (χ0) is 41.4. The van der Waals surface area contributed by atoms with Crippen LogP contribution in [0.4, 0.5) is 4.39 Å². The molecule has 9 unspecified atom stereocenters. The van der Waals surface area contributed by atoms with Gasteiger partial charge in [-0.3, -0.25) is 9.79 Å². The topological polar surface area (TPSA) is 68.1 Å². The largest absolute Gasteiger partial charge is 0.481 e. The first-order chi connectivity index (χ1) is 26.8. The molecule has 0 amide bonds. The molecule has 0 bridgehead atoms. The van der Waals surface area contributed by atoms with E-state index in [9.17, 15) is 9.90 Å². The van der Waals surface area contributed by atoms with Gasteiger partial charge in [-0.1, -0.05) is 86.4 Å². The molecular weight excluding hydrogens is 710 g/mol. The molecule has 316 valence electrons. The molecule has 9 atom stereocenters. The van der Waals surface area contributed by atoms with E-state index < -0.39 is 11.4 Å². The van der Waals surface area contributed by atoms with Gasteiger partial charge >= 0.3 is 5.97 Å². The Hall–Kier alpha value is -2.47. The number of aliphatic imine (C=N–C) groups is 1. The lowest BCUT2D eigenvalue weighted by Gasteiger charge is -2.75. The molecule has 7 rings (SSSR count). The van der Waals surface area contributed by atoms with Crippen molar-refractivity contribution in [3.8, 4) is 0 Å². The molecule has 1 aromatic rings. The van der Waals surface area contributed by atoms with Gasteiger partial charge in [-0.05, 0) is 172 Å². The van der Waals surface area contributed by atoms with Crippen molar-refractivity contribution in [2.45, 2.75) is 172 Å². The maximum atomic E-state index is 15.4.